The van der Waals surface area contributed by atoms with Crippen molar-refractivity contribution in [2.45, 2.75) is 6.42 Å². The summed E-state index contributed by atoms with van der Waals surface area (Å²) in [7, 11) is 0. The molecule has 0 unspecified atom stereocenters. The molecule has 2 N–H and O–H groups in total. The average molecular weight is 218 g/mol. The van der Waals surface area contributed by atoms with Gasteiger partial charge in [0.15, 0.2) is 6.29 Å². The van der Waals surface area contributed by atoms with E-state index in [9.17, 15) is 4.79 Å². The van der Waals surface area contributed by atoms with E-state index >= 15 is 0 Å². The van der Waals surface area contributed by atoms with Crippen LogP contribution >= 0.6 is 11.5 Å². The van der Waals surface area contributed by atoms with Gasteiger partial charge >= 0.3 is 0 Å². The molecule has 2 rings (SSSR count). The number of nitrogens with zero attached hydrogens (tertiary/aromatic N) is 1. The third-order valence-corrected chi connectivity index (χ3v) is 2.89. The van der Waals surface area contributed by atoms with E-state index < -0.39 is 0 Å². The molecule has 2 aromatic rings. The molecule has 76 valence electrons. The minimum absolute atomic E-state index is 0.496. The van der Waals surface area contributed by atoms with Gasteiger partial charge in [-0.1, -0.05) is 30.3 Å². The molecule has 0 fully saturated rings. The fourth-order valence-corrected chi connectivity index (χ4v) is 2.02. The molecule has 0 saturated carbocycles. The van der Waals surface area contributed by atoms with E-state index in [1.165, 1.54) is 11.5 Å². The second kappa shape index (κ2) is 4.23. The molecular formula is C11H10N2OS. The molecule has 0 amide bonds. The summed E-state index contributed by atoms with van der Waals surface area (Å²) in [6, 6.07) is 9.89. The van der Waals surface area contributed by atoms with Crippen molar-refractivity contribution in [1.29, 1.82) is 0 Å². The molecule has 0 radical (unpaired) electrons. The van der Waals surface area contributed by atoms with Gasteiger partial charge in [-0.3, -0.25) is 4.79 Å². The molecule has 0 aliphatic carbocycles. The van der Waals surface area contributed by atoms with Gasteiger partial charge in [0.1, 0.15) is 5.00 Å². The van der Waals surface area contributed by atoms with Crippen molar-refractivity contribution in [2.75, 3.05) is 5.73 Å². The highest BCUT2D eigenvalue weighted by molar-refractivity contribution is 7.10. The smallest absolute Gasteiger partial charge is 0.154 e. The van der Waals surface area contributed by atoms with Gasteiger partial charge in [-0.15, -0.1) is 0 Å². The van der Waals surface area contributed by atoms with Crippen molar-refractivity contribution in [1.82, 2.24) is 4.37 Å². The van der Waals surface area contributed by atoms with Gasteiger partial charge in [-0.2, -0.15) is 4.37 Å². The Hall–Kier alpha value is -1.68. The Labute approximate surface area is 91.7 Å². The predicted molar refractivity (Wildman–Crippen MR) is 61.2 cm³/mol. The molecule has 0 saturated heterocycles. The zero-order chi connectivity index (χ0) is 10.7. The van der Waals surface area contributed by atoms with Crippen LogP contribution in [0.1, 0.15) is 21.6 Å². The Balaban J connectivity index is 2.28. The summed E-state index contributed by atoms with van der Waals surface area (Å²) in [5, 5.41) is 0.496. The molecule has 0 bridgehead atoms. The lowest BCUT2D eigenvalue weighted by Crippen LogP contribution is -1.94. The van der Waals surface area contributed by atoms with Crippen molar-refractivity contribution in [3.05, 3.63) is 47.2 Å². The lowest BCUT2D eigenvalue weighted by atomic mass is 10.1. The number of carbonyl (C=O) groups excluding carboxylic acids is 1. The van der Waals surface area contributed by atoms with Crippen molar-refractivity contribution in [3.63, 3.8) is 0 Å². The number of benzene rings is 1. The molecule has 1 aromatic carbocycles. The first-order chi connectivity index (χ1) is 7.31. The summed E-state index contributed by atoms with van der Waals surface area (Å²) in [4.78, 5) is 10.8. The second-order valence-corrected chi connectivity index (χ2v) is 3.99. The Kier molecular flexibility index (Phi) is 2.78. The zero-order valence-corrected chi connectivity index (χ0v) is 8.83. The van der Waals surface area contributed by atoms with E-state index in [0.717, 1.165) is 17.5 Å². The summed E-state index contributed by atoms with van der Waals surface area (Å²) >= 11 is 1.17. The van der Waals surface area contributed by atoms with E-state index in [-0.39, 0.29) is 0 Å². The van der Waals surface area contributed by atoms with Gasteiger partial charge in [0, 0.05) is 6.42 Å². The molecular weight excluding hydrogens is 208 g/mol. The second-order valence-electron chi connectivity index (χ2n) is 3.19. The SMILES string of the molecule is Nc1snc(Cc2ccccc2)c1C=O. The van der Waals surface area contributed by atoms with Crippen LogP contribution in [0.15, 0.2) is 30.3 Å². The van der Waals surface area contributed by atoms with Crippen LogP contribution in [0.25, 0.3) is 0 Å². The first kappa shape index (κ1) is 9.86. The van der Waals surface area contributed by atoms with Crippen molar-refractivity contribution < 1.29 is 4.79 Å². The maximum absolute atomic E-state index is 10.8. The molecule has 1 heterocycles. The average Bonchev–Trinajstić information content (AvgIpc) is 2.61. The number of rotatable bonds is 3. The van der Waals surface area contributed by atoms with Crippen molar-refractivity contribution in [2.24, 2.45) is 0 Å². The summed E-state index contributed by atoms with van der Waals surface area (Å²) in [5.74, 6) is 0. The number of hydrogen-bond acceptors (Lipinski definition) is 4. The number of aldehydes is 1. The van der Waals surface area contributed by atoms with Crippen LogP contribution in [0.2, 0.25) is 0 Å². The topological polar surface area (TPSA) is 56.0 Å². The fraction of sp³-hybridized carbons (Fsp3) is 0.0909. The quantitative estimate of drug-likeness (QED) is 0.803. The van der Waals surface area contributed by atoms with E-state index in [0.29, 0.717) is 17.0 Å². The fourth-order valence-electron chi connectivity index (χ4n) is 1.39. The number of nitrogen functional groups attached to an aromatic ring is 1. The monoisotopic (exact) mass is 218 g/mol. The maximum Gasteiger partial charge on any atom is 0.154 e. The molecule has 1 aromatic heterocycles. The summed E-state index contributed by atoms with van der Waals surface area (Å²) < 4.78 is 4.17. The highest BCUT2D eigenvalue weighted by Gasteiger charge is 2.10. The highest BCUT2D eigenvalue weighted by Crippen LogP contribution is 2.21. The van der Waals surface area contributed by atoms with Gasteiger partial charge in [0.05, 0.1) is 11.3 Å². The number of carbonyl (C=O) groups is 1. The molecule has 0 aliphatic heterocycles. The molecule has 3 nitrogen and oxygen atoms in total. The zero-order valence-electron chi connectivity index (χ0n) is 8.01. The van der Waals surface area contributed by atoms with Crippen molar-refractivity contribution >= 4 is 22.8 Å². The Bertz CT molecular complexity index is 465. The highest BCUT2D eigenvalue weighted by atomic mass is 32.1. The summed E-state index contributed by atoms with van der Waals surface area (Å²) in [6.45, 7) is 0. The van der Waals surface area contributed by atoms with Crippen LogP contribution in [0, 0.1) is 0 Å². The first-order valence-electron chi connectivity index (χ1n) is 4.54. The number of nitrogens with two attached hydrogens (primary N) is 1. The van der Waals surface area contributed by atoms with Crippen LogP contribution in [-0.4, -0.2) is 10.7 Å². The van der Waals surface area contributed by atoms with E-state index in [1.807, 2.05) is 30.3 Å². The largest absolute Gasteiger partial charge is 0.389 e. The molecule has 0 atom stereocenters. The summed E-state index contributed by atoms with van der Waals surface area (Å²) in [5.41, 5.74) is 8.05. The Morgan fingerprint density at radius 3 is 2.73 bits per heavy atom. The lowest BCUT2D eigenvalue weighted by Gasteiger charge is -1.98. The van der Waals surface area contributed by atoms with E-state index in [4.69, 9.17) is 5.73 Å². The van der Waals surface area contributed by atoms with Gasteiger partial charge in [0.2, 0.25) is 0 Å². The van der Waals surface area contributed by atoms with Gasteiger partial charge < -0.3 is 5.73 Å². The van der Waals surface area contributed by atoms with Crippen LogP contribution in [0.5, 0.6) is 0 Å². The van der Waals surface area contributed by atoms with Crippen LogP contribution in [0.4, 0.5) is 5.00 Å². The van der Waals surface area contributed by atoms with Gasteiger partial charge in [-0.25, -0.2) is 0 Å². The first-order valence-corrected chi connectivity index (χ1v) is 5.31. The third kappa shape index (κ3) is 2.05. The molecule has 0 aliphatic rings. The lowest BCUT2D eigenvalue weighted by molar-refractivity contribution is 0.112. The maximum atomic E-state index is 10.8. The number of hydrogen-bond donors (Lipinski definition) is 1. The van der Waals surface area contributed by atoms with E-state index in [2.05, 4.69) is 4.37 Å². The minimum atomic E-state index is 0.496. The van der Waals surface area contributed by atoms with Crippen LogP contribution in [-0.2, 0) is 6.42 Å². The van der Waals surface area contributed by atoms with Crippen molar-refractivity contribution in [3.8, 4) is 0 Å². The van der Waals surface area contributed by atoms with Gasteiger partial charge in [0.25, 0.3) is 0 Å². The minimum Gasteiger partial charge on any atom is -0.389 e. The molecule has 15 heavy (non-hydrogen) atoms. The van der Waals surface area contributed by atoms with Crippen LogP contribution < -0.4 is 5.73 Å². The number of anilines is 1. The Morgan fingerprint density at radius 2 is 2.07 bits per heavy atom. The normalized spacial score (nSPS) is 10.1. The Morgan fingerprint density at radius 1 is 1.33 bits per heavy atom. The summed E-state index contributed by atoms with van der Waals surface area (Å²) in [6.07, 6.45) is 1.43. The predicted octanol–water partition coefficient (Wildman–Crippen LogP) is 2.13. The van der Waals surface area contributed by atoms with E-state index in [1.54, 1.807) is 0 Å². The standard InChI is InChI=1S/C11H10N2OS/c12-11-9(7-14)10(13-15-11)6-8-4-2-1-3-5-8/h1-5,7H,6,12H2. The van der Waals surface area contributed by atoms with Gasteiger partial charge in [-0.05, 0) is 17.1 Å². The van der Waals surface area contributed by atoms with Crippen LogP contribution in [0.3, 0.4) is 0 Å². The molecule has 4 heteroatoms. The number of aromatic nitrogens is 1. The third-order valence-electron chi connectivity index (χ3n) is 2.16. The molecule has 0 spiro atoms.